The number of nitrogen functional groups attached to an aromatic ring is 1. The van der Waals surface area contributed by atoms with Gasteiger partial charge in [-0.15, -0.1) is 0 Å². The van der Waals surface area contributed by atoms with Gasteiger partial charge in [0.15, 0.2) is 0 Å². The molecule has 0 aliphatic carbocycles. The number of carboxylic acids is 1. The van der Waals surface area contributed by atoms with Gasteiger partial charge >= 0.3 is 5.97 Å². The first kappa shape index (κ1) is 26.2. The fraction of sp³-hybridized carbons (Fsp3) is 0.333. The summed E-state index contributed by atoms with van der Waals surface area (Å²) in [4.78, 5) is 36.8. The molecule has 1 aliphatic heterocycles. The number of benzene rings is 1. The van der Waals surface area contributed by atoms with E-state index in [-0.39, 0.29) is 36.5 Å². The Bertz CT molecular complexity index is 1400. The van der Waals surface area contributed by atoms with Gasteiger partial charge in [0.1, 0.15) is 29.5 Å². The van der Waals surface area contributed by atoms with Crippen LogP contribution in [-0.2, 0) is 27.3 Å². The van der Waals surface area contributed by atoms with Crippen LogP contribution in [0.5, 0.6) is 0 Å². The van der Waals surface area contributed by atoms with Crippen LogP contribution in [-0.4, -0.2) is 73.3 Å². The second kappa shape index (κ2) is 10.3. The summed E-state index contributed by atoms with van der Waals surface area (Å²) in [6.45, 7) is 1.80. The van der Waals surface area contributed by atoms with E-state index in [1.54, 1.807) is 24.0 Å². The van der Waals surface area contributed by atoms with Gasteiger partial charge in [-0.2, -0.15) is 0 Å². The number of rotatable bonds is 8. The maximum atomic E-state index is 14.9. The van der Waals surface area contributed by atoms with E-state index in [4.69, 9.17) is 5.73 Å². The van der Waals surface area contributed by atoms with Crippen LogP contribution in [0.25, 0.3) is 10.8 Å². The van der Waals surface area contributed by atoms with Crippen molar-refractivity contribution in [1.82, 2.24) is 14.9 Å². The van der Waals surface area contributed by atoms with Crippen LogP contribution in [0.4, 0.5) is 21.7 Å². The molecule has 1 fully saturated rings. The first-order chi connectivity index (χ1) is 17.5. The van der Waals surface area contributed by atoms with E-state index < -0.39 is 41.0 Å². The van der Waals surface area contributed by atoms with Gasteiger partial charge in [0, 0.05) is 38.6 Å². The summed E-state index contributed by atoms with van der Waals surface area (Å²) in [5.41, 5.74) is 6.89. The summed E-state index contributed by atoms with van der Waals surface area (Å²) in [6, 6.07) is 3.50. The lowest BCUT2D eigenvalue weighted by Crippen LogP contribution is -2.48. The normalized spacial score (nSPS) is 17.2. The van der Waals surface area contributed by atoms with Crippen molar-refractivity contribution in [3.63, 3.8) is 0 Å². The molecule has 196 valence electrons. The van der Waals surface area contributed by atoms with Crippen molar-refractivity contribution in [3.8, 4) is 0 Å². The van der Waals surface area contributed by atoms with Crippen molar-refractivity contribution >= 4 is 51.2 Å². The van der Waals surface area contributed by atoms with E-state index >= 15 is 0 Å². The lowest BCUT2D eigenvalue weighted by Gasteiger charge is -2.28. The predicted octanol–water partition coefficient (Wildman–Crippen LogP) is 1.97. The number of nitrogens with zero attached hydrogens (tertiary/aromatic N) is 5. The Balaban J connectivity index is 1.62. The summed E-state index contributed by atoms with van der Waals surface area (Å²) in [5.74, 6) is -1.81. The molecule has 0 bridgehead atoms. The molecule has 0 spiro atoms. The number of likely N-dealkylation sites (tertiary alicyclic amines) is 1. The lowest BCUT2D eigenvalue weighted by molar-refractivity contribution is -0.148. The highest BCUT2D eigenvalue weighted by Crippen LogP contribution is 2.30. The van der Waals surface area contributed by atoms with Crippen molar-refractivity contribution in [2.24, 2.45) is 0 Å². The van der Waals surface area contributed by atoms with E-state index in [1.807, 2.05) is 14.1 Å². The van der Waals surface area contributed by atoms with Crippen molar-refractivity contribution in [1.29, 1.82) is 0 Å². The van der Waals surface area contributed by atoms with Crippen LogP contribution in [0.2, 0.25) is 0 Å². The minimum Gasteiger partial charge on any atom is -0.480 e. The molecule has 0 radical (unpaired) electrons. The lowest BCUT2D eigenvalue weighted by atomic mass is 10.0. The number of carbonyl (C=O) groups is 2. The van der Waals surface area contributed by atoms with E-state index in [1.165, 1.54) is 24.5 Å². The molecule has 3 aromatic rings. The van der Waals surface area contributed by atoms with Gasteiger partial charge in [-0.3, -0.25) is 13.7 Å². The van der Waals surface area contributed by atoms with E-state index in [2.05, 4.69) is 9.97 Å². The Hall–Kier alpha value is -3.84. The molecule has 1 aliphatic rings. The minimum atomic E-state index is -2.58. The van der Waals surface area contributed by atoms with Crippen molar-refractivity contribution in [3.05, 3.63) is 53.6 Å². The molecule has 3 heterocycles. The molecule has 0 saturated carbocycles. The number of halogens is 1. The maximum Gasteiger partial charge on any atom is 0.326 e. The van der Waals surface area contributed by atoms with Crippen LogP contribution in [0, 0.1) is 12.7 Å². The van der Waals surface area contributed by atoms with Crippen molar-refractivity contribution in [2.75, 3.05) is 35.6 Å². The van der Waals surface area contributed by atoms with Crippen LogP contribution in [0.3, 0.4) is 0 Å². The quantitative estimate of drug-likeness (QED) is 0.371. The number of carbonyl (C=O) groups excluding carboxylic acids is 1. The molecule has 1 unspecified atom stereocenters. The highest BCUT2D eigenvalue weighted by Gasteiger charge is 2.44. The molecule has 4 rings (SSSR count). The standard InChI is InChI=1S/C24H27FN6O5S/c1-13-8-16(12-28-22(13)29(2)3)31(37(35)36)19-5-7-30(23(19)32)20(24(33)34)10-15-9-14-4-6-27-21(26)17(14)11-18(15)25/h4,6,8-9,11-12,19-20H,5,7,10H2,1-3H3,(H2,26,27)(H,33,34)(H,35,36)/t19-,20+/m0/s1. The number of aryl methyl sites for hydroxylation is 1. The van der Waals surface area contributed by atoms with Gasteiger partial charge in [-0.05, 0) is 54.1 Å². The summed E-state index contributed by atoms with van der Waals surface area (Å²) >= 11 is -2.58. The van der Waals surface area contributed by atoms with Gasteiger partial charge < -0.3 is 20.6 Å². The molecule has 37 heavy (non-hydrogen) atoms. The number of nitrogens with two attached hydrogens (primary N) is 1. The maximum absolute atomic E-state index is 14.9. The predicted molar refractivity (Wildman–Crippen MR) is 138 cm³/mol. The third kappa shape index (κ3) is 5.04. The smallest absolute Gasteiger partial charge is 0.326 e. The van der Waals surface area contributed by atoms with Gasteiger partial charge in [0.25, 0.3) is 11.3 Å². The number of amides is 1. The number of fused-ring (bicyclic) bond motifs is 1. The Morgan fingerprint density at radius 1 is 1.32 bits per heavy atom. The number of pyridine rings is 2. The van der Waals surface area contributed by atoms with Crippen molar-refractivity contribution < 1.29 is 27.8 Å². The molecule has 4 N–H and O–H groups in total. The zero-order chi connectivity index (χ0) is 27.0. The second-order valence-electron chi connectivity index (χ2n) is 9.04. The molecule has 1 amide bonds. The molecule has 13 heteroatoms. The number of anilines is 3. The average Bonchev–Trinajstić information content (AvgIpc) is 3.18. The highest BCUT2D eigenvalue weighted by molar-refractivity contribution is 7.80. The van der Waals surface area contributed by atoms with E-state index in [9.17, 15) is 27.8 Å². The molecular weight excluding hydrogens is 503 g/mol. The van der Waals surface area contributed by atoms with E-state index in [0.29, 0.717) is 16.6 Å². The van der Waals surface area contributed by atoms with Crippen LogP contribution < -0.4 is 14.9 Å². The number of aliphatic carboxylic acids is 1. The Kier molecular flexibility index (Phi) is 7.28. The largest absolute Gasteiger partial charge is 0.480 e. The Morgan fingerprint density at radius 2 is 2.05 bits per heavy atom. The molecule has 2 aromatic heterocycles. The SMILES string of the molecule is Cc1cc(N([C@H]2CCN([C@H](Cc3cc4ccnc(N)c4cc3F)C(=O)O)C2=O)S(=O)O)cnc1N(C)C. The number of aromatic nitrogens is 2. The molecular formula is C24H27FN6O5S. The summed E-state index contributed by atoms with van der Waals surface area (Å²) in [6.07, 6.45) is 2.67. The summed E-state index contributed by atoms with van der Waals surface area (Å²) < 4.78 is 38.3. The van der Waals surface area contributed by atoms with Crippen LogP contribution in [0.1, 0.15) is 17.5 Å². The molecule has 1 aromatic carbocycles. The average molecular weight is 531 g/mol. The highest BCUT2D eigenvalue weighted by atomic mass is 32.2. The first-order valence-corrected chi connectivity index (χ1v) is 12.5. The third-order valence-corrected chi connectivity index (χ3v) is 7.22. The monoisotopic (exact) mass is 530 g/mol. The number of hydrogen-bond donors (Lipinski definition) is 3. The Morgan fingerprint density at radius 3 is 2.68 bits per heavy atom. The molecule has 11 nitrogen and oxygen atoms in total. The van der Waals surface area contributed by atoms with E-state index in [0.717, 1.165) is 14.8 Å². The van der Waals surface area contributed by atoms with Gasteiger partial charge in [-0.1, -0.05) is 0 Å². The van der Waals surface area contributed by atoms with Gasteiger partial charge in [0.05, 0.1) is 11.9 Å². The zero-order valence-corrected chi connectivity index (χ0v) is 21.3. The van der Waals surface area contributed by atoms with Gasteiger partial charge in [-0.25, -0.2) is 23.4 Å². The molecule has 3 atom stereocenters. The second-order valence-corrected chi connectivity index (χ2v) is 9.90. The number of hydrogen-bond acceptors (Lipinski definition) is 7. The topological polar surface area (TPSA) is 153 Å². The van der Waals surface area contributed by atoms with Crippen LogP contribution >= 0.6 is 0 Å². The third-order valence-electron chi connectivity index (χ3n) is 6.41. The van der Waals surface area contributed by atoms with Gasteiger partial charge in [0.2, 0.25) is 5.91 Å². The minimum absolute atomic E-state index is 0.0163. The first-order valence-electron chi connectivity index (χ1n) is 11.4. The Labute approximate surface area is 215 Å². The number of carboxylic acid groups (broad SMARTS) is 1. The zero-order valence-electron chi connectivity index (χ0n) is 20.5. The summed E-state index contributed by atoms with van der Waals surface area (Å²) in [7, 11) is 3.62. The molecule has 1 saturated heterocycles. The van der Waals surface area contributed by atoms with Crippen molar-refractivity contribution in [2.45, 2.75) is 31.8 Å². The van der Waals surface area contributed by atoms with Crippen LogP contribution in [0.15, 0.2) is 36.7 Å². The fourth-order valence-electron chi connectivity index (χ4n) is 4.69. The fourth-order valence-corrected chi connectivity index (χ4v) is 5.39. The summed E-state index contributed by atoms with van der Waals surface area (Å²) in [5, 5.41) is 10.9.